The van der Waals surface area contributed by atoms with E-state index >= 15 is 0 Å². The van der Waals surface area contributed by atoms with Crippen LogP contribution in [0.15, 0.2) is 65.9 Å². The number of fused-ring (bicyclic) bond motifs is 1. The fourth-order valence-electron chi connectivity index (χ4n) is 3.50. The average Bonchev–Trinajstić information content (AvgIpc) is 3.18. The molecule has 0 saturated heterocycles. The quantitative estimate of drug-likeness (QED) is 0.580. The maximum Gasteiger partial charge on any atom is 0.258 e. The summed E-state index contributed by atoms with van der Waals surface area (Å²) in [6.07, 6.45) is 4.56. The molecule has 3 aromatic rings. The second-order valence-electron chi connectivity index (χ2n) is 6.99. The minimum Gasteiger partial charge on any atom is -0.309 e. The summed E-state index contributed by atoms with van der Waals surface area (Å²) in [5.41, 5.74) is 3.38. The highest BCUT2D eigenvalue weighted by atomic mass is 79.9. The van der Waals surface area contributed by atoms with E-state index < -0.39 is 0 Å². The van der Waals surface area contributed by atoms with Crippen molar-refractivity contribution in [2.75, 3.05) is 16.8 Å². The minimum atomic E-state index is -0.287. The molecule has 7 nitrogen and oxygen atoms in total. The molecule has 2 amide bonds. The second-order valence-corrected chi connectivity index (χ2v) is 7.91. The van der Waals surface area contributed by atoms with Crippen LogP contribution in [-0.4, -0.2) is 33.1 Å². The van der Waals surface area contributed by atoms with E-state index in [-0.39, 0.29) is 17.8 Å². The monoisotopic (exact) mass is 465 g/mol. The Morgan fingerprint density at radius 3 is 2.90 bits per heavy atom. The van der Waals surface area contributed by atoms with Gasteiger partial charge < -0.3 is 4.90 Å². The molecule has 0 bridgehead atoms. The van der Waals surface area contributed by atoms with Gasteiger partial charge in [-0.1, -0.05) is 34.6 Å². The Labute approximate surface area is 182 Å². The van der Waals surface area contributed by atoms with Crippen LogP contribution in [0.5, 0.6) is 0 Å². The molecule has 2 heterocycles. The van der Waals surface area contributed by atoms with Gasteiger partial charge in [0.1, 0.15) is 6.33 Å². The maximum absolute atomic E-state index is 12.7. The van der Waals surface area contributed by atoms with Crippen molar-refractivity contribution in [3.05, 3.63) is 82.6 Å². The Balaban J connectivity index is 1.46. The molecule has 152 valence electrons. The van der Waals surface area contributed by atoms with Crippen LogP contribution in [0, 0.1) is 0 Å². The van der Waals surface area contributed by atoms with Crippen molar-refractivity contribution in [2.24, 2.45) is 0 Å². The molecule has 4 rings (SSSR count). The summed E-state index contributed by atoms with van der Waals surface area (Å²) in [5, 5.41) is 7.07. The predicted octanol–water partition coefficient (Wildman–Crippen LogP) is 3.81. The molecule has 1 aliphatic rings. The first-order chi connectivity index (χ1) is 14.5. The number of rotatable bonds is 5. The van der Waals surface area contributed by atoms with Gasteiger partial charge in [0.15, 0.2) is 0 Å². The SMILES string of the molecule is C=CC(=O)N1CCCc2cc(C(=O)Nc3ncn(Cc4cccc(Br)c4)n3)ccc21. The fourth-order valence-corrected chi connectivity index (χ4v) is 3.95. The van der Waals surface area contributed by atoms with Crippen molar-refractivity contribution in [1.29, 1.82) is 0 Å². The molecule has 0 atom stereocenters. The molecule has 0 spiro atoms. The zero-order chi connectivity index (χ0) is 21.1. The van der Waals surface area contributed by atoms with Crippen LogP contribution in [0.25, 0.3) is 0 Å². The Hall–Kier alpha value is -3.26. The van der Waals surface area contributed by atoms with Gasteiger partial charge in [-0.3, -0.25) is 14.9 Å². The molecule has 0 fully saturated rings. The Morgan fingerprint density at radius 1 is 1.23 bits per heavy atom. The topological polar surface area (TPSA) is 80.1 Å². The first-order valence-corrected chi connectivity index (χ1v) is 10.3. The van der Waals surface area contributed by atoms with E-state index in [9.17, 15) is 9.59 Å². The summed E-state index contributed by atoms with van der Waals surface area (Å²) in [6, 6.07) is 13.3. The summed E-state index contributed by atoms with van der Waals surface area (Å²) in [4.78, 5) is 30.6. The maximum atomic E-state index is 12.7. The number of benzene rings is 2. The molecular weight excluding hydrogens is 446 g/mol. The number of hydrogen-bond donors (Lipinski definition) is 1. The number of hydrogen-bond acceptors (Lipinski definition) is 4. The molecule has 0 aliphatic carbocycles. The number of nitrogens with zero attached hydrogens (tertiary/aromatic N) is 4. The van der Waals surface area contributed by atoms with Crippen LogP contribution in [0.4, 0.5) is 11.6 Å². The number of amides is 2. The molecule has 1 aromatic heterocycles. The lowest BCUT2D eigenvalue weighted by molar-refractivity contribution is -0.114. The Kier molecular flexibility index (Phi) is 5.76. The molecule has 30 heavy (non-hydrogen) atoms. The van der Waals surface area contributed by atoms with Crippen LogP contribution >= 0.6 is 15.9 Å². The van der Waals surface area contributed by atoms with Gasteiger partial charge in [0.25, 0.3) is 5.91 Å². The predicted molar refractivity (Wildman–Crippen MR) is 119 cm³/mol. The Morgan fingerprint density at radius 2 is 2.10 bits per heavy atom. The highest BCUT2D eigenvalue weighted by Crippen LogP contribution is 2.28. The van der Waals surface area contributed by atoms with E-state index in [1.807, 2.05) is 36.4 Å². The lowest BCUT2D eigenvalue weighted by atomic mass is 9.99. The van der Waals surface area contributed by atoms with Gasteiger partial charge in [-0.25, -0.2) is 9.67 Å². The van der Waals surface area contributed by atoms with Crippen LogP contribution in [0.2, 0.25) is 0 Å². The highest BCUT2D eigenvalue weighted by molar-refractivity contribution is 9.10. The number of aromatic nitrogens is 3. The average molecular weight is 466 g/mol. The van der Waals surface area contributed by atoms with Gasteiger partial charge in [0, 0.05) is 22.3 Å². The lowest BCUT2D eigenvalue weighted by Gasteiger charge is -2.28. The number of halogens is 1. The number of carbonyl (C=O) groups excluding carboxylic acids is 2. The van der Waals surface area contributed by atoms with Crippen molar-refractivity contribution < 1.29 is 9.59 Å². The van der Waals surface area contributed by atoms with Crippen LogP contribution < -0.4 is 10.2 Å². The standard InChI is InChI=1S/C22H20BrN5O2/c1-2-20(29)28-10-4-6-16-12-17(8-9-19(16)28)21(30)25-22-24-14-27(26-22)13-15-5-3-7-18(23)11-15/h2-3,5,7-9,11-12,14H,1,4,6,10,13H2,(H,25,26,30). The van der Waals surface area contributed by atoms with Crippen molar-refractivity contribution in [3.63, 3.8) is 0 Å². The number of nitrogens with one attached hydrogen (secondary N) is 1. The van der Waals surface area contributed by atoms with Crippen LogP contribution in [0.1, 0.15) is 27.9 Å². The van der Waals surface area contributed by atoms with Crippen molar-refractivity contribution >= 4 is 39.4 Å². The minimum absolute atomic E-state index is 0.131. The summed E-state index contributed by atoms with van der Waals surface area (Å²) >= 11 is 3.45. The molecule has 0 unspecified atom stereocenters. The lowest BCUT2D eigenvalue weighted by Crippen LogP contribution is -2.34. The Bertz CT molecular complexity index is 1120. The first kappa shape index (κ1) is 20.0. The van der Waals surface area contributed by atoms with E-state index in [0.29, 0.717) is 18.7 Å². The highest BCUT2D eigenvalue weighted by Gasteiger charge is 2.22. The van der Waals surface area contributed by atoms with E-state index in [1.54, 1.807) is 22.0 Å². The van der Waals surface area contributed by atoms with Crippen LogP contribution in [0.3, 0.4) is 0 Å². The summed E-state index contributed by atoms with van der Waals surface area (Å²) in [5.74, 6) is -0.172. The number of carbonyl (C=O) groups is 2. The van der Waals surface area contributed by atoms with Gasteiger partial charge in [-0.15, -0.1) is 5.10 Å². The van der Waals surface area contributed by atoms with Crippen molar-refractivity contribution in [3.8, 4) is 0 Å². The first-order valence-electron chi connectivity index (χ1n) is 9.55. The van der Waals surface area contributed by atoms with Gasteiger partial charge in [-0.05, 0) is 60.4 Å². The van der Waals surface area contributed by atoms with Gasteiger partial charge in [0.2, 0.25) is 11.9 Å². The third-order valence-corrected chi connectivity index (χ3v) is 5.39. The molecule has 0 radical (unpaired) electrons. The second kappa shape index (κ2) is 8.62. The van der Waals surface area contributed by atoms with E-state index in [0.717, 1.165) is 34.1 Å². The van der Waals surface area contributed by atoms with Gasteiger partial charge in [-0.2, -0.15) is 0 Å². The molecule has 0 saturated carbocycles. The molecule has 1 aliphatic heterocycles. The fraction of sp³-hybridized carbons (Fsp3) is 0.182. The summed E-state index contributed by atoms with van der Waals surface area (Å²) in [7, 11) is 0. The van der Waals surface area contributed by atoms with E-state index in [4.69, 9.17) is 0 Å². The number of aryl methyl sites for hydroxylation is 1. The largest absolute Gasteiger partial charge is 0.309 e. The molecular formula is C22H20BrN5O2. The van der Waals surface area contributed by atoms with E-state index in [1.165, 1.54) is 6.08 Å². The summed E-state index contributed by atoms with van der Waals surface area (Å²) < 4.78 is 2.66. The molecule has 2 aromatic carbocycles. The molecule has 1 N–H and O–H groups in total. The van der Waals surface area contributed by atoms with Crippen molar-refractivity contribution in [2.45, 2.75) is 19.4 Å². The third kappa shape index (κ3) is 4.33. The normalized spacial score (nSPS) is 12.9. The van der Waals surface area contributed by atoms with Crippen LogP contribution in [-0.2, 0) is 17.8 Å². The zero-order valence-corrected chi connectivity index (χ0v) is 17.8. The van der Waals surface area contributed by atoms with Crippen molar-refractivity contribution in [1.82, 2.24) is 14.8 Å². The van der Waals surface area contributed by atoms with E-state index in [2.05, 4.69) is 37.9 Å². The smallest absolute Gasteiger partial charge is 0.258 e. The third-order valence-electron chi connectivity index (χ3n) is 4.90. The molecule has 8 heteroatoms. The van der Waals surface area contributed by atoms with Gasteiger partial charge in [0.05, 0.1) is 6.54 Å². The summed E-state index contributed by atoms with van der Waals surface area (Å²) in [6.45, 7) is 4.77. The van der Waals surface area contributed by atoms with Gasteiger partial charge >= 0.3 is 0 Å². The zero-order valence-electron chi connectivity index (χ0n) is 16.2. The number of anilines is 2.